The van der Waals surface area contributed by atoms with Gasteiger partial charge in [-0.25, -0.2) is 4.98 Å². The quantitative estimate of drug-likeness (QED) is 0.435. The van der Waals surface area contributed by atoms with Crippen molar-refractivity contribution >= 4 is 55.7 Å². The third-order valence-corrected chi connectivity index (χ3v) is 5.93. The average molecular weight is 487 g/mol. The molecular weight excluding hydrogens is 473 g/mol. The highest BCUT2D eigenvalue weighted by Gasteiger charge is 2.15. The zero-order chi connectivity index (χ0) is 18.8. The molecule has 2 aromatic heterocycles. The number of nitrogens with zero attached hydrogens (tertiary/aromatic N) is 2. The Balaban J connectivity index is 1.67. The van der Waals surface area contributed by atoms with Gasteiger partial charge in [0.05, 0.1) is 17.4 Å². The van der Waals surface area contributed by atoms with Crippen molar-refractivity contribution in [3.8, 4) is 11.1 Å². The molecule has 0 aliphatic heterocycles. The van der Waals surface area contributed by atoms with E-state index in [9.17, 15) is 9.59 Å². The van der Waals surface area contributed by atoms with Crippen LogP contribution < -0.4 is 10.9 Å². The smallest absolute Gasteiger partial charge is 0.263 e. The van der Waals surface area contributed by atoms with E-state index in [0.29, 0.717) is 10.2 Å². The number of halogens is 1. The van der Waals surface area contributed by atoms with Crippen LogP contribution in [0.15, 0.2) is 71.1 Å². The molecule has 0 fully saturated rings. The molecule has 0 bridgehead atoms. The summed E-state index contributed by atoms with van der Waals surface area (Å²) in [5.74, 6) is -0.265. The normalized spacial score (nSPS) is 10.9. The minimum absolute atomic E-state index is 0.0865. The fourth-order valence-corrected chi connectivity index (χ4v) is 4.25. The van der Waals surface area contributed by atoms with E-state index in [1.165, 1.54) is 22.2 Å². The zero-order valence-corrected chi connectivity index (χ0v) is 17.0. The number of fused-ring (bicyclic) bond motifs is 1. The lowest BCUT2D eigenvalue weighted by Gasteiger charge is -2.09. The molecule has 0 radical (unpaired) electrons. The molecule has 0 aliphatic rings. The van der Waals surface area contributed by atoms with Gasteiger partial charge in [-0.2, -0.15) is 0 Å². The van der Waals surface area contributed by atoms with Crippen LogP contribution in [0.25, 0.3) is 21.3 Å². The van der Waals surface area contributed by atoms with E-state index in [1.807, 2.05) is 60.0 Å². The van der Waals surface area contributed by atoms with Crippen molar-refractivity contribution in [2.45, 2.75) is 6.54 Å². The van der Waals surface area contributed by atoms with Gasteiger partial charge in [0.2, 0.25) is 5.91 Å². The summed E-state index contributed by atoms with van der Waals surface area (Å²) in [5, 5.41) is 5.33. The van der Waals surface area contributed by atoms with Gasteiger partial charge in [-0.15, -0.1) is 11.3 Å². The summed E-state index contributed by atoms with van der Waals surface area (Å²) in [6.45, 7) is -0.0865. The van der Waals surface area contributed by atoms with Gasteiger partial charge in [0.15, 0.2) is 0 Å². The lowest BCUT2D eigenvalue weighted by atomic mass is 10.1. The fraction of sp³-hybridized carbons (Fsp3) is 0.0500. The molecule has 0 saturated carbocycles. The second-order valence-corrected chi connectivity index (χ2v) is 7.92. The van der Waals surface area contributed by atoms with Crippen LogP contribution in [-0.2, 0) is 11.3 Å². The van der Waals surface area contributed by atoms with Crippen LogP contribution in [0.5, 0.6) is 0 Å². The first-order valence-electron chi connectivity index (χ1n) is 8.20. The highest BCUT2D eigenvalue weighted by Crippen LogP contribution is 2.30. The first-order valence-corrected chi connectivity index (χ1v) is 10.2. The Labute approximate surface area is 172 Å². The van der Waals surface area contributed by atoms with Crippen molar-refractivity contribution < 1.29 is 4.79 Å². The Hall–Kier alpha value is -2.52. The van der Waals surface area contributed by atoms with E-state index in [-0.39, 0.29) is 18.0 Å². The molecule has 2 aromatic carbocycles. The topological polar surface area (TPSA) is 64.0 Å². The lowest BCUT2D eigenvalue weighted by molar-refractivity contribution is -0.116. The van der Waals surface area contributed by atoms with E-state index in [4.69, 9.17) is 0 Å². The number of hydrogen-bond donors (Lipinski definition) is 1. The van der Waals surface area contributed by atoms with Gasteiger partial charge in [-0.3, -0.25) is 14.2 Å². The molecule has 4 rings (SSSR count). The number of nitrogens with one attached hydrogen (secondary N) is 1. The van der Waals surface area contributed by atoms with Crippen LogP contribution in [0.2, 0.25) is 0 Å². The number of aromatic nitrogens is 2. The maximum atomic E-state index is 13.0. The van der Waals surface area contributed by atoms with Gasteiger partial charge in [0.1, 0.15) is 11.4 Å². The summed E-state index contributed by atoms with van der Waals surface area (Å²) in [6, 6.07) is 17.2. The minimum atomic E-state index is -0.265. The van der Waals surface area contributed by atoms with Crippen molar-refractivity contribution in [1.82, 2.24) is 9.55 Å². The molecule has 0 atom stereocenters. The molecule has 5 nitrogen and oxygen atoms in total. The first kappa shape index (κ1) is 17.9. The van der Waals surface area contributed by atoms with Crippen LogP contribution in [-0.4, -0.2) is 15.5 Å². The molecule has 0 unspecified atom stereocenters. The molecule has 2 heterocycles. The number of benzene rings is 2. The number of rotatable bonds is 4. The van der Waals surface area contributed by atoms with Gasteiger partial charge in [0.25, 0.3) is 5.56 Å². The van der Waals surface area contributed by atoms with Gasteiger partial charge >= 0.3 is 0 Å². The first-order chi connectivity index (χ1) is 13.1. The third kappa shape index (κ3) is 3.65. The number of para-hydroxylation sites is 1. The lowest BCUT2D eigenvalue weighted by Crippen LogP contribution is -2.28. The SMILES string of the molecule is O=C(Cn1cnc2scc(-c3ccccc3)c2c1=O)Nc1ccccc1I. The molecule has 134 valence electrons. The second-order valence-electron chi connectivity index (χ2n) is 5.90. The molecule has 0 spiro atoms. The summed E-state index contributed by atoms with van der Waals surface area (Å²) in [5.41, 5.74) is 2.33. The monoisotopic (exact) mass is 487 g/mol. The molecule has 0 aliphatic carbocycles. The summed E-state index contributed by atoms with van der Waals surface area (Å²) < 4.78 is 2.29. The molecule has 1 amide bonds. The van der Waals surface area contributed by atoms with Crippen molar-refractivity contribution in [2.75, 3.05) is 5.32 Å². The Kier molecular flexibility index (Phi) is 5.04. The maximum absolute atomic E-state index is 13.0. The van der Waals surface area contributed by atoms with Crippen LogP contribution >= 0.6 is 33.9 Å². The number of anilines is 1. The van der Waals surface area contributed by atoms with E-state index >= 15 is 0 Å². The summed E-state index contributed by atoms with van der Waals surface area (Å²) >= 11 is 3.59. The van der Waals surface area contributed by atoms with Crippen LogP contribution in [0.1, 0.15) is 0 Å². The standard InChI is InChI=1S/C20H14IN3O2S/c21-15-8-4-5-9-16(15)23-17(25)10-24-12-22-19-18(20(24)26)14(11-27-19)13-6-2-1-3-7-13/h1-9,11-12H,10H2,(H,23,25). The Morgan fingerprint density at radius 3 is 2.63 bits per heavy atom. The Bertz CT molecular complexity index is 1180. The Morgan fingerprint density at radius 2 is 1.85 bits per heavy atom. The maximum Gasteiger partial charge on any atom is 0.263 e. The summed E-state index contributed by atoms with van der Waals surface area (Å²) in [7, 11) is 0. The largest absolute Gasteiger partial charge is 0.324 e. The zero-order valence-electron chi connectivity index (χ0n) is 14.1. The highest BCUT2D eigenvalue weighted by molar-refractivity contribution is 14.1. The minimum Gasteiger partial charge on any atom is -0.324 e. The van der Waals surface area contributed by atoms with Crippen molar-refractivity contribution in [1.29, 1.82) is 0 Å². The molecular formula is C20H14IN3O2S. The number of hydrogen-bond acceptors (Lipinski definition) is 4. The van der Waals surface area contributed by atoms with Gasteiger partial charge in [0, 0.05) is 14.5 Å². The molecule has 0 saturated heterocycles. The van der Waals surface area contributed by atoms with E-state index in [2.05, 4.69) is 32.9 Å². The number of carbonyl (C=O) groups is 1. The molecule has 27 heavy (non-hydrogen) atoms. The van der Waals surface area contributed by atoms with Gasteiger partial charge in [-0.1, -0.05) is 42.5 Å². The second kappa shape index (κ2) is 7.61. The third-order valence-electron chi connectivity index (χ3n) is 4.11. The van der Waals surface area contributed by atoms with Crippen LogP contribution in [0, 0.1) is 3.57 Å². The Morgan fingerprint density at radius 1 is 1.11 bits per heavy atom. The number of amides is 1. The fourth-order valence-electron chi connectivity index (χ4n) is 2.82. The van der Waals surface area contributed by atoms with E-state index in [1.54, 1.807) is 0 Å². The van der Waals surface area contributed by atoms with Gasteiger partial charge < -0.3 is 5.32 Å². The predicted octanol–water partition coefficient (Wildman–Crippen LogP) is 4.37. The number of carbonyl (C=O) groups excluding carboxylic acids is 1. The van der Waals surface area contributed by atoms with E-state index in [0.717, 1.165) is 20.4 Å². The average Bonchev–Trinajstić information content (AvgIpc) is 3.11. The predicted molar refractivity (Wildman–Crippen MR) is 117 cm³/mol. The summed E-state index contributed by atoms with van der Waals surface area (Å²) in [6.07, 6.45) is 1.44. The molecule has 7 heteroatoms. The molecule has 1 N–H and O–H groups in total. The summed E-state index contributed by atoms with van der Waals surface area (Å²) in [4.78, 5) is 30.4. The van der Waals surface area contributed by atoms with Crippen LogP contribution in [0.4, 0.5) is 5.69 Å². The van der Waals surface area contributed by atoms with Crippen LogP contribution in [0.3, 0.4) is 0 Å². The van der Waals surface area contributed by atoms with E-state index < -0.39 is 0 Å². The number of thiophene rings is 1. The van der Waals surface area contributed by atoms with Gasteiger partial charge in [-0.05, 0) is 40.3 Å². The van der Waals surface area contributed by atoms with Crippen molar-refractivity contribution in [3.05, 3.63) is 80.2 Å². The van der Waals surface area contributed by atoms with Crippen molar-refractivity contribution in [3.63, 3.8) is 0 Å². The highest BCUT2D eigenvalue weighted by atomic mass is 127. The van der Waals surface area contributed by atoms with Crippen molar-refractivity contribution in [2.24, 2.45) is 0 Å². The molecule has 4 aromatic rings.